The number of methoxy groups -OCH3 is 1. The number of rotatable bonds is 6. The SMILES string of the molecule is COC(=O)CNC(=O)CSc1nc2sc3c(c2c(=O)n1-c1ccc(Cl)cc1)CCCC3. The highest BCUT2D eigenvalue weighted by molar-refractivity contribution is 7.99. The lowest BCUT2D eigenvalue weighted by Crippen LogP contribution is -2.31. The molecule has 0 fully saturated rings. The van der Waals surface area contributed by atoms with E-state index >= 15 is 0 Å². The Kier molecular flexibility index (Phi) is 6.64. The second-order valence-corrected chi connectivity index (χ2v) is 9.51. The number of carbonyl (C=O) groups excluding carboxylic acids is 2. The van der Waals surface area contributed by atoms with E-state index in [0.29, 0.717) is 26.1 Å². The van der Waals surface area contributed by atoms with Gasteiger partial charge in [-0.1, -0.05) is 23.4 Å². The van der Waals surface area contributed by atoms with Gasteiger partial charge >= 0.3 is 5.97 Å². The average Bonchev–Trinajstić information content (AvgIpc) is 3.15. The lowest BCUT2D eigenvalue weighted by molar-refractivity contribution is -0.140. The van der Waals surface area contributed by atoms with E-state index in [9.17, 15) is 14.4 Å². The van der Waals surface area contributed by atoms with Crippen molar-refractivity contribution >= 4 is 56.8 Å². The van der Waals surface area contributed by atoms with Gasteiger partial charge in [0.05, 0.1) is 23.9 Å². The van der Waals surface area contributed by atoms with Gasteiger partial charge in [-0.2, -0.15) is 0 Å². The van der Waals surface area contributed by atoms with Crippen LogP contribution in [0.1, 0.15) is 23.3 Å². The van der Waals surface area contributed by atoms with Crippen LogP contribution in [-0.4, -0.2) is 40.8 Å². The number of fused-ring (bicyclic) bond motifs is 3. The molecule has 10 heteroatoms. The topological polar surface area (TPSA) is 90.3 Å². The first-order valence-electron chi connectivity index (χ1n) is 9.77. The van der Waals surface area contributed by atoms with E-state index in [1.54, 1.807) is 40.2 Å². The van der Waals surface area contributed by atoms with E-state index in [1.807, 2.05) is 0 Å². The van der Waals surface area contributed by atoms with Gasteiger partial charge in [0.25, 0.3) is 5.56 Å². The van der Waals surface area contributed by atoms with E-state index in [4.69, 9.17) is 16.6 Å². The normalized spacial score (nSPS) is 13.1. The van der Waals surface area contributed by atoms with Crippen molar-refractivity contribution in [1.29, 1.82) is 0 Å². The molecule has 2 heterocycles. The van der Waals surface area contributed by atoms with Gasteiger partial charge in [0, 0.05) is 9.90 Å². The zero-order valence-electron chi connectivity index (χ0n) is 16.8. The summed E-state index contributed by atoms with van der Waals surface area (Å²) in [4.78, 5) is 43.7. The van der Waals surface area contributed by atoms with Gasteiger partial charge in [0.2, 0.25) is 5.91 Å². The fourth-order valence-electron chi connectivity index (χ4n) is 3.53. The monoisotopic (exact) mass is 477 g/mol. The number of nitrogens with one attached hydrogen (secondary N) is 1. The Bertz CT molecular complexity index is 1200. The third-order valence-electron chi connectivity index (χ3n) is 5.03. The lowest BCUT2D eigenvalue weighted by atomic mass is 9.97. The predicted molar refractivity (Wildman–Crippen MR) is 123 cm³/mol. The maximum absolute atomic E-state index is 13.6. The van der Waals surface area contributed by atoms with Gasteiger partial charge in [-0.25, -0.2) is 4.98 Å². The summed E-state index contributed by atoms with van der Waals surface area (Å²) in [7, 11) is 1.26. The lowest BCUT2D eigenvalue weighted by Gasteiger charge is -2.13. The number of aromatic nitrogens is 2. The fourth-order valence-corrected chi connectivity index (χ4v) is 5.80. The number of hydrogen-bond donors (Lipinski definition) is 1. The van der Waals surface area contributed by atoms with Gasteiger partial charge in [0.15, 0.2) is 5.16 Å². The van der Waals surface area contributed by atoms with Gasteiger partial charge in [-0.3, -0.25) is 19.0 Å². The fraction of sp³-hybridized carbons (Fsp3) is 0.333. The molecule has 0 aliphatic heterocycles. The number of carbonyl (C=O) groups is 2. The molecule has 4 rings (SSSR count). The summed E-state index contributed by atoms with van der Waals surface area (Å²) in [6, 6.07) is 6.96. The summed E-state index contributed by atoms with van der Waals surface area (Å²) in [6.45, 7) is -0.204. The zero-order valence-corrected chi connectivity index (χ0v) is 19.2. The Hall–Kier alpha value is -2.36. The van der Waals surface area contributed by atoms with Crippen molar-refractivity contribution in [2.75, 3.05) is 19.4 Å². The van der Waals surface area contributed by atoms with Crippen LogP contribution in [0.2, 0.25) is 5.02 Å². The van der Waals surface area contributed by atoms with E-state index in [-0.39, 0.29) is 23.8 Å². The first kappa shape index (κ1) is 21.9. The van der Waals surface area contributed by atoms with E-state index < -0.39 is 5.97 Å². The maximum atomic E-state index is 13.6. The molecule has 0 atom stereocenters. The second-order valence-electron chi connectivity index (χ2n) is 7.04. The smallest absolute Gasteiger partial charge is 0.325 e. The van der Waals surface area contributed by atoms with Crippen molar-refractivity contribution in [3.8, 4) is 5.69 Å². The standard InChI is InChI=1S/C21H20ClN3O4S2/c1-29-17(27)10-23-16(26)11-30-21-24-19-18(14-4-2-3-5-15(14)31-19)20(28)25(21)13-8-6-12(22)7-9-13/h6-9H,2-5,10-11H2,1H3,(H,23,26). The average molecular weight is 478 g/mol. The van der Waals surface area contributed by atoms with Crippen LogP contribution in [0.15, 0.2) is 34.2 Å². The number of aryl methyl sites for hydroxylation is 2. The summed E-state index contributed by atoms with van der Waals surface area (Å²) in [6.07, 6.45) is 4.04. The first-order chi connectivity index (χ1) is 15.0. The Labute approximate surface area is 191 Å². The summed E-state index contributed by atoms with van der Waals surface area (Å²) < 4.78 is 6.07. The van der Waals surface area contributed by atoms with Gasteiger partial charge in [0.1, 0.15) is 11.4 Å². The number of halogens is 1. The number of ether oxygens (including phenoxy) is 1. The minimum atomic E-state index is -0.528. The zero-order chi connectivity index (χ0) is 22.0. The van der Waals surface area contributed by atoms with E-state index in [2.05, 4.69) is 10.1 Å². The molecule has 1 amide bonds. The summed E-state index contributed by atoms with van der Waals surface area (Å²) in [5.74, 6) is -0.869. The molecular formula is C21H20ClN3O4S2. The molecule has 1 aromatic carbocycles. The Morgan fingerprint density at radius 2 is 2.00 bits per heavy atom. The Balaban J connectivity index is 1.73. The van der Waals surface area contributed by atoms with Gasteiger partial charge in [-0.05, 0) is 55.5 Å². The van der Waals surface area contributed by atoms with Crippen LogP contribution in [0.4, 0.5) is 0 Å². The van der Waals surface area contributed by atoms with Crippen LogP contribution in [0, 0.1) is 0 Å². The molecule has 0 saturated heterocycles. The van der Waals surface area contributed by atoms with Crippen molar-refractivity contribution in [2.45, 2.75) is 30.8 Å². The Morgan fingerprint density at radius 1 is 1.26 bits per heavy atom. The summed E-state index contributed by atoms with van der Waals surface area (Å²) in [5.41, 5.74) is 1.61. The van der Waals surface area contributed by atoms with Crippen molar-refractivity contribution in [2.24, 2.45) is 0 Å². The third-order valence-corrected chi connectivity index (χ3v) is 7.41. The number of thiophene rings is 1. The van der Waals surface area contributed by atoms with Crippen molar-refractivity contribution in [1.82, 2.24) is 14.9 Å². The number of esters is 1. The summed E-state index contributed by atoms with van der Waals surface area (Å²) >= 11 is 8.74. The highest BCUT2D eigenvalue weighted by Gasteiger charge is 2.23. The van der Waals surface area contributed by atoms with Crippen LogP contribution < -0.4 is 10.9 Å². The van der Waals surface area contributed by atoms with Crippen molar-refractivity contribution in [3.63, 3.8) is 0 Å². The van der Waals surface area contributed by atoms with Crippen LogP contribution in [-0.2, 0) is 27.2 Å². The van der Waals surface area contributed by atoms with E-state index in [0.717, 1.165) is 43.0 Å². The molecule has 1 aliphatic rings. The molecular weight excluding hydrogens is 458 g/mol. The molecule has 3 aromatic rings. The number of amides is 1. The molecule has 2 aromatic heterocycles. The first-order valence-corrected chi connectivity index (χ1v) is 12.0. The second kappa shape index (κ2) is 9.42. The van der Waals surface area contributed by atoms with Gasteiger partial charge < -0.3 is 10.1 Å². The number of nitrogens with zero attached hydrogens (tertiary/aromatic N) is 2. The molecule has 7 nitrogen and oxygen atoms in total. The molecule has 31 heavy (non-hydrogen) atoms. The predicted octanol–water partition coefficient (Wildman–Crippen LogP) is 3.36. The molecule has 162 valence electrons. The third kappa shape index (κ3) is 4.63. The van der Waals surface area contributed by atoms with Crippen LogP contribution in [0.25, 0.3) is 15.9 Å². The largest absolute Gasteiger partial charge is 0.468 e. The maximum Gasteiger partial charge on any atom is 0.325 e. The molecule has 0 radical (unpaired) electrons. The molecule has 0 unspecified atom stereocenters. The number of benzene rings is 1. The van der Waals surface area contributed by atoms with Gasteiger partial charge in [-0.15, -0.1) is 11.3 Å². The Morgan fingerprint density at radius 3 is 2.74 bits per heavy atom. The molecule has 0 spiro atoms. The molecule has 1 aliphatic carbocycles. The van der Waals surface area contributed by atoms with Crippen molar-refractivity contribution in [3.05, 3.63) is 50.1 Å². The summed E-state index contributed by atoms with van der Waals surface area (Å²) in [5, 5.41) is 4.16. The highest BCUT2D eigenvalue weighted by Crippen LogP contribution is 2.35. The highest BCUT2D eigenvalue weighted by atomic mass is 35.5. The molecule has 0 saturated carbocycles. The van der Waals surface area contributed by atoms with Crippen LogP contribution in [0.5, 0.6) is 0 Å². The number of hydrogen-bond acceptors (Lipinski definition) is 7. The minimum absolute atomic E-state index is 0.00756. The molecule has 0 bridgehead atoms. The van der Waals surface area contributed by atoms with E-state index in [1.165, 1.54) is 12.0 Å². The quantitative estimate of drug-likeness (QED) is 0.332. The van der Waals surface area contributed by atoms with Crippen LogP contribution >= 0.6 is 34.7 Å². The van der Waals surface area contributed by atoms with Crippen LogP contribution in [0.3, 0.4) is 0 Å². The minimum Gasteiger partial charge on any atom is -0.468 e. The number of thioether (sulfide) groups is 1. The molecule has 1 N–H and O–H groups in total. The van der Waals surface area contributed by atoms with Crippen molar-refractivity contribution < 1.29 is 14.3 Å².